The highest BCUT2D eigenvalue weighted by atomic mass is 32.3. The van der Waals surface area contributed by atoms with E-state index in [4.69, 9.17) is 0 Å². The molecular formula is C23H25F6N3O5S2. The first-order chi connectivity index (χ1) is 17.9. The molecule has 4 N–H and O–H groups in total. The summed E-state index contributed by atoms with van der Waals surface area (Å²) in [6.45, 7) is 3.44. The van der Waals surface area contributed by atoms with E-state index < -0.39 is 52.0 Å². The van der Waals surface area contributed by atoms with Crippen LogP contribution in [0, 0.1) is 6.92 Å². The number of carbonyl (C=O) groups is 2. The number of aromatic nitrogens is 1. The molecule has 0 spiro atoms. The average Bonchev–Trinajstić information content (AvgIpc) is 3.42. The zero-order valence-electron chi connectivity index (χ0n) is 20.6. The minimum atomic E-state index is -6.06. The Balaban J connectivity index is 1.76. The molecular weight excluding hydrogens is 576 g/mol. The molecule has 2 aliphatic rings. The van der Waals surface area contributed by atoms with E-state index >= 15 is 0 Å². The number of hydrogen-bond donors (Lipinski definition) is 4. The molecule has 2 saturated heterocycles. The number of benzene rings is 1. The second-order valence-corrected chi connectivity index (χ2v) is 13.0. The summed E-state index contributed by atoms with van der Waals surface area (Å²) in [6, 6.07) is 1.27. The molecule has 39 heavy (non-hydrogen) atoms. The van der Waals surface area contributed by atoms with Crippen molar-refractivity contribution in [2.24, 2.45) is 0 Å². The Bertz CT molecular complexity index is 1270. The second kappa shape index (κ2) is 9.90. The van der Waals surface area contributed by atoms with Crippen molar-refractivity contribution in [3.8, 4) is 10.4 Å². The fourth-order valence-corrected chi connectivity index (χ4v) is 7.08. The Labute approximate surface area is 224 Å². The summed E-state index contributed by atoms with van der Waals surface area (Å²) < 4.78 is 99.5. The molecule has 0 unspecified atom stereocenters. The van der Waals surface area contributed by atoms with Gasteiger partial charge in [0.15, 0.2) is 5.01 Å². The van der Waals surface area contributed by atoms with E-state index in [1.165, 1.54) is 11.8 Å². The Hall–Kier alpha value is -2.40. The zero-order chi connectivity index (χ0) is 29.1. The fraction of sp³-hybridized carbons (Fsp3) is 0.522. The minimum Gasteiger partial charge on any atom is -0.369 e. The maximum atomic E-state index is 13.4. The first-order valence-electron chi connectivity index (χ1n) is 11.7. The smallest absolute Gasteiger partial charge is 0.369 e. The largest absolute Gasteiger partial charge is 0.430 e. The fourth-order valence-electron chi connectivity index (χ4n) is 4.67. The van der Waals surface area contributed by atoms with E-state index in [0.29, 0.717) is 25.1 Å². The summed E-state index contributed by atoms with van der Waals surface area (Å²) in [5, 5.41) is 12.2. The van der Waals surface area contributed by atoms with Gasteiger partial charge >= 0.3 is 12.4 Å². The number of aliphatic hydroxyl groups is 1. The average molecular weight is 602 g/mol. The van der Waals surface area contributed by atoms with E-state index in [1.54, 1.807) is 0 Å². The van der Waals surface area contributed by atoms with Gasteiger partial charge in [-0.15, -0.1) is 11.3 Å². The number of nitrogens with one attached hydrogen (secondary N) is 1. The molecule has 2 fully saturated rings. The van der Waals surface area contributed by atoms with Crippen molar-refractivity contribution in [1.82, 2.24) is 15.2 Å². The molecule has 2 amide bonds. The van der Waals surface area contributed by atoms with Crippen molar-refractivity contribution in [3.63, 3.8) is 0 Å². The van der Waals surface area contributed by atoms with Gasteiger partial charge in [-0.2, -0.15) is 36.9 Å². The molecule has 0 aliphatic carbocycles. The van der Waals surface area contributed by atoms with Crippen LogP contribution in [0.1, 0.15) is 51.2 Å². The van der Waals surface area contributed by atoms with E-state index in [0.717, 1.165) is 23.8 Å². The van der Waals surface area contributed by atoms with Crippen molar-refractivity contribution < 1.29 is 50.1 Å². The summed E-state index contributed by atoms with van der Waals surface area (Å²) >= 11 is 0.728. The van der Waals surface area contributed by atoms with Gasteiger partial charge < -0.3 is 15.3 Å². The van der Waals surface area contributed by atoms with Crippen LogP contribution in [0.5, 0.6) is 0 Å². The first-order valence-corrected chi connectivity index (χ1v) is 14.4. The van der Waals surface area contributed by atoms with Crippen LogP contribution in [0.4, 0.5) is 26.3 Å². The van der Waals surface area contributed by atoms with E-state index in [-0.39, 0.29) is 44.3 Å². The predicted octanol–water partition coefficient (Wildman–Crippen LogP) is 4.92. The summed E-state index contributed by atoms with van der Waals surface area (Å²) in [7, 11) is -2.75. The standard InChI is InChI=1S/C23H25F6N3O5S2/c1-11-8-13(21(35,22(24,25)26)23(27,28)29)5-6-15(11)17-16(20(34)32-7-3-4-12(32)2)31-19(38-17)18(33)30-14-9-39(36,37)10-14/h5-6,8,12,14,35-37H,3-4,7,9-10H2,1-2H3,(H,30,33)/t12-/m0/s1. The molecule has 4 rings (SSSR count). The number of nitrogens with zero attached hydrogens (tertiary/aromatic N) is 2. The van der Waals surface area contributed by atoms with E-state index in [2.05, 4.69) is 10.3 Å². The molecule has 3 heterocycles. The predicted molar refractivity (Wildman–Crippen MR) is 132 cm³/mol. The van der Waals surface area contributed by atoms with Gasteiger partial charge in [0, 0.05) is 18.2 Å². The highest BCUT2D eigenvalue weighted by Gasteiger charge is 2.71. The number of likely N-dealkylation sites (tertiary alicyclic amines) is 1. The summed E-state index contributed by atoms with van der Waals surface area (Å²) in [4.78, 5) is 32.0. The van der Waals surface area contributed by atoms with Crippen molar-refractivity contribution in [3.05, 3.63) is 40.0 Å². The molecule has 16 heteroatoms. The minimum absolute atomic E-state index is 0.0457. The Morgan fingerprint density at radius 3 is 2.23 bits per heavy atom. The maximum Gasteiger partial charge on any atom is 0.430 e. The summed E-state index contributed by atoms with van der Waals surface area (Å²) in [6.07, 6.45) is -10.7. The molecule has 1 atom stereocenters. The Morgan fingerprint density at radius 1 is 1.13 bits per heavy atom. The lowest BCUT2D eigenvalue weighted by Crippen LogP contribution is -2.53. The topological polar surface area (TPSA) is 123 Å². The van der Waals surface area contributed by atoms with Crippen molar-refractivity contribution in [2.45, 2.75) is 56.7 Å². The number of aryl methyl sites for hydroxylation is 1. The van der Waals surface area contributed by atoms with Crippen LogP contribution in [0.2, 0.25) is 0 Å². The van der Waals surface area contributed by atoms with Gasteiger partial charge in [0.1, 0.15) is 5.69 Å². The zero-order valence-corrected chi connectivity index (χ0v) is 22.2. The number of alkyl halides is 6. The van der Waals surface area contributed by atoms with E-state index in [9.17, 15) is 50.1 Å². The molecule has 8 nitrogen and oxygen atoms in total. The van der Waals surface area contributed by atoms with Crippen molar-refractivity contribution in [1.29, 1.82) is 0 Å². The third-order valence-corrected chi connectivity index (χ3v) is 9.78. The third-order valence-electron chi connectivity index (χ3n) is 6.82. The van der Waals surface area contributed by atoms with Gasteiger partial charge in [-0.3, -0.25) is 18.7 Å². The summed E-state index contributed by atoms with van der Waals surface area (Å²) in [5.41, 5.74) is -6.81. The molecule has 1 aromatic carbocycles. The molecule has 1 aromatic heterocycles. The number of thiazole rings is 1. The van der Waals surface area contributed by atoms with Crippen molar-refractivity contribution >= 4 is 33.7 Å². The van der Waals surface area contributed by atoms with Crippen LogP contribution in [0.25, 0.3) is 10.4 Å². The number of carbonyl (C=O) groups excluding carboxylic acids is 2. The SMILES string of the molecule is Cc1cc(C(O)(C(F)(F)F)C(F)(F)F)ccc1-c1sc(C(=O)NC2CS(O)(O)C2)nc1C(=O)N1CCC[C@@H]1C. The Morgan fingerprint density at radius 2 is 1.74 bits per heavy atom. The Kier molecular flexibility index (Phi) is 7.51. The lowest BCUT2D eigenvalue weighted by atomic mass is 9.89. The highest BCUT2D eigenvalue weighted by molar-refractivity contribution is 8.25. The number of amides is 2. The normalized spacial score (nSPS) is 21.0. The van der Waals surface area contributed by atoms with Gasteiger partial charge in [-0.1, -0.05) is 18.2 Å². The van der Waals surface area contributed by atoms with Crippen LogP contribution >= 0.6 is 21.9 Å². The molecule has 2 aromatic rings. The molecule has 0 radical (unpaired) electrons. The van der Waals surface area contributed by atoms with Crippen LogP contribution in [-0.2, 0) is 5.60 Å². The van der Waals surface area contributed by atoms with E-state index in [1.807, 2.05) is 6.92 Å². The number of rotatable bonds is 5. The first kappa shape index (κ1) is 29.6. The van der Waals surface area contributed by atoms with Crippen LogP contribution in [-0.4, -0.2) is 78.4 Å². The van der Waals surface area contributed by atoms with Crippen LogP contribution in [0.3, 0.4) is 0 Å². The van der Waals surface area contributed by atoms with Gasteiger partial charge in [0.25, 0.3) is 17.4 Å². The van der Waals surface area contributed by atoms with Crippen LogP contribution < -0.4 is 5.32 Å². The molecule has 2 aliphatic heterocycles. The lowest BCUT2D eigenvalue weighted by Gasteiger charge is -2.46. The molecule has 0 bridgehead atoms. The monoisotopic (exact) mass is 601 g/mol. The van der Waals surface area contributed by atoms with Gasteiger partial charge in [-0.25, -0.2) is 4.98 Å². The number of hydrogen-bond acceptors (Lipinski definition) is 7. The molecule has 216 valence electrons. The highest BCUT2D eigenvalue weighted by Crippen LogP contribution is 2.51. The van der Waals surface area contributed by atoms with Crippen LogP contribution in [0.15, 0.2) is 18.2 Å². The lowest BCUT2D eigenvalue weighted by molar-refractivity contribution is -0.376. The van der Waals surface area contributed by atoms with Crippen molar-refractivity contribution in [2.75, 3.05) is 18.1 Å². The quantitative estimate of drug-likeness (QED) is 0.361. The third kappa shape index (κ3) is 5.36. The number of halogens is 6. The van der Waals surface area contributed by atoms with Gasteiger partial charge in [-0.05, 0) is 37.8 Å². The summed E-state index contributed by atoms with van der Waals surface area (Å²) in [5.74, 6) is -1.35. The van der Waals surface area contributed by atoms with Gasteiger partial charge in [0.05, 0.1) is 22.4 Å². The molecule has 0 saturated carbocycles. The maximum absolute atomic E-state index is 13.4. The second-order valence-electron chi connectivity index (χ2n) is 9.73. The van der Waals surface area contributed by atoms with Gasteiger partial charge in [0.2, 0.25) is 0 Å².